The van der Waals surface area contributed by atoms with E-state index in [9.17, 15) is 9.59 Å². The molecule has 0 aromatic heterocycles. The van der Waals surface area contributed by atoms with Crippen molar-refractivity contribution in [2.75, 3.05) is 27.2 Å². The van der Waals surface area contributed by atoms with Crippen molar-refractivity contribution in [1.82, 2.24) is 9.80 Å². The first-order valence-corrected chi connectivity index (χ1v) is 11.0. The number of hydrogen-bond acceptors (Lipinski definition) is 2. The van der Waals surface area contributed by atoms with Gasteiger partial charge in [0.25, 0.3) is 0 Å². The molecule has 2 amide bonds. The van der Waals surface area contributed by atoms with Gasteiger partial charge in [0.15, 0.2) is 0 Å². The number of carbonyl (C=O) groups excluding carboxylic acids is 2. The largest absolute Gasteiger partial charge is 0.348 e. The molecule has 3 atom stereocenters. The van der Waals surface area contributed by atoms with E-state index in [1.165, 1.54) is 11.1 Å². The molecule has 1 aliphatic heterocycles. The lowest BCUT2D eigenvalue weighted by molar-refractivity contribution is -0.140. The highest BCUT2D eigenvalue weighted by Crippen LogP contribution is 2.43. The van der Waals surface area contributed by atoms with Crippen LogP contribution in [0, 0.1) is 24.2 Å². The van der Waals surface area contributed by atoms with Gasteiger partial charge in [0, 0.05) is 33.1 Å². The molecule has 30 heavy (non-hydrogen) atoms. The van der Waals surface area contributed by atoms with E-state index in [4.69, 9.17) is 0 Å². The van der Waals surface area contributed by atoms with Crippen LogP contribution in [-0.2, 0) is 16.0 Å². The van der Waals surface area contributed by atoms with Gasteiger partial charge in [-0.25, -0.2) is 0 Å². The number of hydrogen-bond donors (Lipinski definition) is 0. The summed E-state index contributed by atoms with van der Waals surface area (Å²) in [5.74, 6) is 1.02. The molecule has 4 heteroatoms. The van der Waals surface area contributed by atoms with E-state index >= 15 is 0 Å². The van der Waals surface area contributed by atoms with Crippen molar-refractivity contribution < 1.29 is 9.59 Å². The number of rotatable bonds is 5. The van der Waals surface area contributed by atoms with Gasteiger partial charge in [-0.15, -0.1) is 0 Å². The van der Waals surface area contributed by atoms with Crippen molar-refractivity contribution in [3.63, 3.8) is 0 Å². The van der Waals surface area contributed by atoms with E-state index in [0.29, 0.717) is 25.4 Å². The van der Waals surface area contributed by atoms with Crippen LogP contribution in [0.2, 0.25) is 0 Å². The monoisotopic (exact) mass is 404 g/mol. The number of nitrogens with zero attached hydrogens (tertiary/aromatic N) is 2. The normalized spacial score (nSPS) is 25.3. The predicted octanol–water partition coefficient (Wildman–Crippen LogP) is 4.17. The highest BCUT2D eigenvalue weighted by Gasteiger charge is 2.50. The molecule has 2 aliphatic rings. The second-order valence-electron chi connectivity index (χ2n) is 9.55. The summed E-state index contributed by atoms with van der Waals surface area (Å²) in [5.41, 5.74) is 4.20. The molecule has 1 aliphatic carbocycles. The molecule has 1 heterocycles. The van der Waals surface area contributed by atoms with Crippen LogP contribution in [0.3, 0.4) is 0 Å². The summed E-state index contributed by atoms with van der Waals surface area (Å²) >= 11 is 0. The summed E-state index contributed by atoms with van der Waals surface area (Å²) in [6, 6.07) is 17.0. The number of aryl methyl sites for hydroxylation is 1. The lowest BCUT2D eigenvalue weighted by Gasteiger charge is -2.31. The molecule has 3 unspecified atom stereocenters. The third kappa shape index (κ3) is 4.00. The second-order valence-corrected chi connectivity index (χ2v) is 9.55. The lowest BCUT2D eigenvalue weighted by atomic mass is 9.79. The summed E-state index contributed by atoms with van der Waals surface area (Å²) < 4.78 is 0. The minimum atomic E-state index is -0.539. The number of carbonyl (C=O) groups is 2. The van der Waals surface area contributed by atoms with Crippen LogP contribution in [0.25, 0.3) is 11.1 Å². The second kappa shape index (κ2) is 7.90. The molecule has 0 bridgehead atoms. The number of likely N-dealkylation sites (tertiary alicyclic amines) is 1. The van der Waals surface area contributed by atoms with Gasteiger partial charge in [-0.3, -0.25) is 9.59 Å². The SMILES string of the molecule is Cc1ccc(-c2cccc(CC3(C(=O)N(C)C)CCN(C(=O)C4CC4C)C3)c2)cc1. The van der Waals surface area contributed by atoms with Crippen LogP contribution in [-0.4, -0.2) is 48.8 Å². The van der Waals surface area contributed by atoms with E-state index in [2.05, 4.69) is 62.4 Å². The molecular formula is C26H32N2O2. The molecule has 4 nitrogen and oxygen atoms in total. The van der Waals surface area contributed by atoms with Gasteiger partial charge < -0.3 is 9.80 Å². The Labute approximate surface area is 179 Å². The zero-order chi connectivity index (χ0) is 21.5. The van der Waals surface area contributed by atoms with Gasteiger partial charge in [0.1, 0.15) is 0 Å². The molecule has 4 rings (SSSR count). The van der Waals surface area contributed by atoms with Crippen LogP contribution in [0.5, 0.6) is 0 Å². The Morgan fingerprint density at radius 3 is 2.43 bits per heavy atom. The van der Waals surface area contributed by atoms with Crippen molar-refractivity contribution in [3.8, 4) is 11.1 Å². The Morgan fingerprint density at radius 1 is 1.10 bits per heavy atom. The molecule has 1 saturated heterocycles. The van der Waals surface area contributed by atoms with Gasteiger partial charge in [-0.1, -0.05) is 61.0 Å². The molecule has 2 aromatic rings. The Balaban J connectivity index is 1.59. The van der Waals surface area contributed by atoms with E-state index in [1.54, 1.807) is 4.90 Å². The van der Waals surface area contributed by atoms with E-state index < -0.39 is 5.41 Å². The van der Waals surface area contributed by atoms with Gasteiger partial charge in [0.05, 0.1) is 5.41 Å². The van der Waals surface area contributed by atoms with Gasteiger partial charge >= 0.3 is 0 Å². The summed E-state index contributed by atoms with van der Waals surface area (Å²) in [6.07, 6.45) is 2.38. The van der Waals surface area contributed by atoms with Gasteiger partial charge in [-0.2, -0.15) is 0 Å². The zero-order valence-corrected chi connectivity index (χ0v) is 18.5. The van der Waals surface area contributed by atoms with Crippen molar-refractivity contribution in [2.24, 2.45) is 17.3 Å². The molecule has 158 valence electrons. The Kier molecular flexibility index (Phi) is 5.44. The standard InChI is InChI=1S/C26H32N2O2/c1-18-8-10-21(11-9-18)22-7-5-6-20(15-22)16-26(25(30)27(3)4)12-13-28(17-26)24(29)23-14-19(23)2/h5-11,15,19,23H,12-14,16-17H2,1-4H3. The Bertz CT molecular complexity index is 950. The fraction of sp³-hybridized carbons (Fsp3) is 0.462. The summed E-state index contributed by atoms with van der Waals surface area (Å²) in [5, 5.41) is 0. The summed E-state index contributed by atoms with van der Waals surface area (Å²) in [4.78, 5) is 29.7. The highest BCUT2D eigenvalue weighted by atomic mass is 16.2. The third-order valence-corrected chi connectivity index (χ3v) is 6.81. The Hall–Kier alpha value is -2.62. The van der Waals surface area contributed by atoms with Crippen LogP contribution >= 0.6 is 0 Å². The van der Waals surface area contributed by atoms with Crippen LogP contribution in [0.1, 0.15) is 30.9 Å². The fourth-order valence-electron chi connectivity index (χ4n) is 4.83. The molecule has 0 radical (unpaired) electrons. The molecule has 2 fully saturated rings. The first kappa shape index (κ1) is 20.6. The van der Waals surface area contributed by atoms with Crippen molar-refractivity contribution in [2.45, 2.75) is 33.1 Å². The quantitative estimate of drug-likeness (QED) is 0.751. The molecule has 1 saturated carbocycles. The first-order valence-electron chi connectivity index (χ1n) is 11.0. The number of amides is 2. The Morgan fingerprint density at radius 2 is 1.80 bits per heavy atom. The minimum Gasteiger partial charge on any atom is -0.348 e. The zero-order valence-electron chi connectivity index (χ0n) is 18.5. The maximum atomic E-state index is 13.3. The summed E-state index contributed by atoms with van der Waals surface area (Å²) in [7, 11) is 3.64. The molecular weight excluding hydrogens is 372 g/mol. The molecule has 0 N–H and O–H groups in total. The molecule has 2 aromatic carbocycles. The maximum Gasteiger partial charge on any atom is 0.230 e. The fourth-order valence-corrected chi connectivity index (χ4v) is 4.83. The number of benzene rings is 2. The highest BCUT2D eigenvalue weighted by molar-refractivity contribution is 5.87. The van der Waals surface area contributed by atoms with E-state index in [-0.39, 0.29) is 17.7 Å². The van der Waals surface area contributed by atoms with Crippen LogP contribution in [0.15, 0.2) is 48.5 Å². The van der Waals surface area contributed by atoms with E-state index in [0.717, 1.165) is 24.0 Å². The van der Waals surface area contributed by atoms with Crippen molar-refractivity contribution >= 4 is 11.8 Å². The van der Waals surface area contributed by atoms with Gasteiger partial charge in [-0.05, 0) is 48.8 Å². The average molecular weight is 405 g/mol. The van der Waals surface area contributed by atoms with Gasteiger partial charge in [0.2, 0.25) is 11.8 Å². The maximum absolute atomic E-state index is 13.3. The minimum absolute atomic E-state index is 0.127. The lowest BCUT2D eigenvalue weighted by Crippen LogP contribution is -2.45. The summed E-state index contributed by atoms with van der Waals surface area (Å²) in [6.45, 7) is 5.43. The molecule has 0 spiro atoms. The third-order valence-electron chi connectivity index (χ3n) is 6.81. The smallest absolute Gasteiger partial charge is 0.230 e. The van der Waals surface area contributed by atoms with Crippen LogP contribution in [0.4, 0.5) is 0 Å². The first-order chi connectivity index (χ1) is 14.3. The van der Waals surface area contributed by atoms with Crippen LogP contribution < -0.4 is 0 Å². The topological polar surface area (TPSA) is 40.6 Å². The average Bonchev–Trinajstić information content (AvgIpc) is 3.31. The van der Waals surface area contributed by atoms with Crippen molar-refractivity contribution in [1.29, 1.82) is 0 Å². The van der Waals surface area contributed by atoms with E-state index in [1.807, 2.05) is 19.0 Å². The predicted molar refractivity (Wildman–Crippen MR) is 120 cm³/mol. The van der Waals surface area contributed by atoms with Crippen molar-refractivity contribution in [3.05, 3.63) is 59.7 Å².